The van der Waals surface area contributed by atoms with Gasteiger partial charge >= 0.3 is 0 Å². The molecule has 78 valence electrons. The molecule has 4 nitrogen and oxygen atoms in total. The van der Waals surface area contributed by atoms with E-state index in [-0.39, 0.29) is 12.4 Å². The van der Waals surface area contributed by atoms with Gasteiger partial charge in [0, 0.05) is 18.8 Å². The fraction of sp³-hybridized carbons (Fsp3) is 0.667. The van der Waals surface area contributed by atoms with Gasteiger partial charge in [0.25, 0.3) is 0 Å². The molecule has 0 aliphatic carbocycles. The molecule has 0 amide bonds. The number of aromatic nitrogens is 2. The van der Waals surface area contributed by atoms with Crippen LogP contribution in [0, 0.1) is 6.92 Å². The standard InChI is InChI=1S/C9H13ClN2O2/c1-6-8(4-12(2)11-6)9-13-5-7(3-10)14-9/h4,7,9H,3,5H2,1-2H3. The van der Waals surface area contributed by atoms with E-state index < -0.39 is 0 Å². The zero-order valence-corrected chi connectivity index (χ0v) is 8.99. The highest BCUT2D eigenvalue weighted by Gasteiger charge is 2.28. The molecule has 1 fully saturated rings. The van der Waals surface area contributed by atoms with Crippen molar-refractivity contribution in [1.82, 2.24) is 9.78 Å². The third kappa shape index (κ3) is 1.78. The van der Waals surface area contributed by atoms with E-state index in [0.29, 0.717) is 12.5 Å². The molecule has 0 aromatic carbocycles. The zero-order chi connectivity index (χ0) is 10.1. The lowest BCUT2D eigenvalue weighted by atomic mass is 10.2. The molecule has 1 aliphatic rings. The maximum Gasteiger partial charge on any atom is 0.187 e. The Hall–Kier alpha value is -0.580. The van der Waals surface area contributed by atoms with E-state index >= 15 is 0 Å². The van der Waals surface area contributed by atoms with Crippen molar-refractivity contribution < 1.29 is 9.47 Å². The van der Waals surface area contributed by atoms with Crippen molar-refractivity contribution >= 4 is 11.6 Å². The third-order valence-electron chi connectivity index (χ3n) is 2.23. The second kappa shape index (κ2) is 3.88. The van der Waals surface area contributed by atoms with E-state index in [2.05, 4.69) is 5.10 Å². The molecule has 1 aromatic heterocycles. The van der Waals surface area contributed by atoms with Crippen LogP contribution in [0.2, 0.25) is 0 Å². The minimum Gasteiger partial charge on any atom is -0.346 e. The second-order valence-corrected chi connectivity index (χ2v) is 3.73. The summed E-state index contributed by atoms with van der Waals surface area (Å²) in [7, 11) is 1.88. The van der Waals surface area contributed by atoms with Gasteiger partial charge in [-0.25, -0.2) is 0 Å². The normalized spacial score (nSPS) is 27.1. The fourth-order valence-corrected chi connectivity index (χ4v) is 1.70. The highest BCUT2D eigenvalue weighted by Crippen LogP contribution is 2.28. The molecule has 1 saturated heterocycles. The smallest absolute Gasteiger partial charge is 0.187 e. The average Bonchev–Trinajstić information content (AvgIpc) is 2.71. The lowest BCUT2D eigenvalue weighted by Crippen LogP contribution is -2.10. The van der Waals surface area contributed by atoms with Gasteiger partial charge in [0.05, 0.1) is 24.3 Å². The largest absolute Gasteiger partial charge is 0.346 e. The monoisotopic (exact) mass is 216 g/mol. The van der Waals surface area contributed by atoms with Crippen molar-refractivity contribution in [3.05, 3.63) is 17.5 Å². The average molecular weight is 217 g/mol. The van der Waals surface area contributed by atoms with Crippen LogP contribution >= 0.6 is 11.6 Å². The molecule has 0 bridgehead atoms. The Bertz CT molecular complexity index is 327. The molecule has 2 rings (SSSR count). The Kier molecular flexibility index (Phi) is 2.76. The van der Waals surface area contributed by atoms with E-state index in [1.807, 2.05) is 20.2 Å². The highest BCUT2D eigenvalue weighted by molar-refractivity contribution is 6.18. The van der Waals surface area contributed by atoms with Gasteiger partial charge in [-0.15, -0.1) is 11.6 Å². The van der Waals surface area contributed by atoms with Crippen molar-refractivity contribution in [3.63, 3.8) is 0 Å². The minimum atomic E-state index is -0.299. The zero-order valence-electron chi connectivity index (χ0n) is 8.24. The first-order chi connectivity index (χ1) is 6.70. The molecule has 5 heteroatoms. The van der Waals surface area contributed by atoms with Gasteiger partial charge in [0.15, 0.2) is 6.29 Å². The Balaban J connectivity index is 2.13. The van der Waals surface area contributed by atoms with Crippen LogP contribution in [0.3, 0.4) is 0 Å². The molecule has 14 heavy (non-hydrogen) atoms. The number of hydrogen-bond acceptors (Lipinski definition) is 3. The van der Waals surface area contributed by atoms with Gasteiger partial charge in [-0.1, -0.05) is 0 Å². The predicted octanol–water partition coefficient (Wildman–Crippen LogP) is 1.38. The molecule has 2 heterocycles. The summed E-state index contributed by atoms with van der Waals surface area (Å²) in [6.07, 6.45) is 1.62. The number of rotatable bonds is 2. The quantitative estimate of drug-likeness (QED) is 0.701. The van der Waals surface area contributed by atoms with E-state index in [0.717, 1.165) is 11.3 Å². The lowest BCUT2D eigenvalue weighted by Gasteiger charge is -2.08. The van der Waals surface area contributed by atoms with Gasteiger partial charge in [-0.3, -0.25) is 4.68 Å². The number of halogens is 1. The lowest BCUT2D eigenvalue weighted by molar-refractivity contribution is -0.0571. The molecule has 0 radical (unpaired) electrons. The summed E-state index contributed by atoms with van der Waals surface area (Å²) >= 11 is 5.68. The number of ether oxygens (including phenoxy) is 2. The summed E-state index contributed by atoms with van der Waals surface area (Å²) in [6, 6.07) is 0. The Labute approximate surface area is 87.8 Å². The van der Waals surface area contributed by atoms with Crippen molar-refractivity contribution in [2.45, 2.75) is 19.3 Å². The van der Waals surface area contributed by atoms with E-state index in [4.69, 9.17) is 21.1 Å². The maximum atomic E-state index is 5.68. The van der Waals surface area contributed by atoms with Crippen molar-refractivity contribution in [2.24, 2.45) is 7.05 Å². The first kappa shape index (κ1) is 9.96. The van der Waals surface area contributed by atoms with Crippen LogP contribution in [0.1, 0.15) is 17.5 Å². The van der Waals surface area contributed by atoms with Gasteiger partial charge in [0.1, 0.15) is 0 Å². The third-order valence-corrected chi connectivity index (χ3v) is 2.57. The van der Waals surface area contributed by atoms with Gasteiger partial charge in [0.2, 0.25) is 0 Å². The summed E-state index contributed by atoms with van der Waals surface area (Å²) in [5.41, 5.74) is 1.92. The molecule has 0 N–H and O–H groups in total. The summed E-state index contributed by atoms with van der Waals surface area (Å²) < 4.78 is 12.8. The Morgan fingerprint density at radius 3 is 3.00 bits per heavy atom. The molecule has 2 unspecified atom stereocenters. The molecular weight excluding hydrogens is 204 g/mol. The molecule has 1 aromatic rings. The van der Waals surface area contributed by atoms with Crippen molar-refractivity contribution in [2.75, 3.05) is 12.5 Å². The molecule has 0 spiro atoms. The number of aryl methyl sites for hydroxylation is 2. The SMILES string of the molecule is Cc1nn(C)cc1C1OCC(CCl)O1. The van der Waals surface area contributed by atoms with Crippen LogP contribution in [0.5, 0.6) is 0 Å². The summed E-state index contributed by atoms with van der Waals surface area (Å²) in [5, 5.41) is 4.23. The van der Waals surface area contributed by atoms with Crippen LogP contribution in [0.4, 0.5) is 0 Å². The van der Waals surface area contributed by atoms with E-state index in [1.54, 1.807) is 4.68 Å². The molecular formula is C9H13ClN2O2. The minimum absolute atomic E-state index is 0.00118. The van der Waals surface area contributed by atoms with Crippen LogP contribution < -0.4 is 0 Å². The van der Waals surface area contributed by atoms with E-state index in [9.17, 15) is 0 Å². The predicted molar refractivity (Wildman–Crippen MR) is 52.2 cm³/mol. The fourth-order valence-electron chi connectivity index (χ4n) is 1.54. The second-order valence-electron chi connectivity index (χ2n) is 3.42. The van der Waals surface area contributed by atoms with Gasteiger partial charge in [-0.2, -0.15) is 5.10 Å². The van der Waals surface area contributed by atoms with E-state index in [1.165, 1.54) is 0 Å². The van der Waals surface area contributed by atoms with Crippen LogP contribution in [0.15, 0.2) is 6.20 Å². The number of alkyl halides is 1. The molecule has 0 saturated carbocycles. The van der Waals surface area contributed by atoms with Gasteiger partial charge in [-0.05, 0) is 6.92 Å². The Morgan fingerprint density at radius 1 is 1.71 bits per heavy atom. The Morgan fingerprint density at radius 2 is 2.50 bits per heavy atom. The van der Waals surface area contributed by atoms with Crippen LogP contribution in [0.25, 0.3) is 0 Å². The molecule has 2 atom stereocenters. The van der Waals surface area contributed by atoms with Gasteiger partial charge < -0.3 is 9.47 Å². The number of nitrogens with zero attached hydrogens (tertiary/aromatic N) is 2. The molecule has 1 aliphatic heterocycles. The van der Waals surface area contributed by atoms with Crippen molar-refractivity contribution in [3.8, 4) is 0 Å². The number of hydrogen-bond donors (Lipinski definition) is 0. The van der Waals surface area contributed by atoms with Crippen LogP contribution in [-0.4, -0.2) is 28.4 Å². The first-order valence-electron chi connectivity index (χ1n) is 4.54. The summed E-state index contributed by atoms with van der Waals surface area (Å²) in [6.45, 7) is 2.50. The summed E-state index contributed by atoms with van der Waals surface area (Å²) in [4.78, 5) is 0. The maximum absolute atomic E-state index is 5.68. The topological polar surface area (TPSA) is 36.3 Å². The van der Waals surface area contributed by atoms with Crippen molar-refractivity contribution in [1.29, 1.82) is 0 Å². The van der Waals surface area contributed by atoms with Crippen LogP contribution in [-0.2, 0) is 16.5 Å². The highest BCUT2D eigenvalue weighted by atomic mass is 35.5. The summed E-state index contributed by atoms with van der Waals surface area (Å²) in [5.74, 6) is 0.468. The first-order valence-corrected chi connectivity index (χ1v) is 5.07.